The van der Waals surface area contributed by atoms with E-state index in [1.54, 1.807) is 7.11 Å². The molecule has 0 atom stereocenters. The highest BCUT2D eigenvalue weighted by atomic mass is 16.6. The molecule has 0 aliphatic carbocycles. The molecule has 0 spiro atoms. The topological polar surface area (TPSA) is 54.0 Å². The number of hydrogen-bond donors (Lipinski definition) is 0. The Hall–Kier alpha value is -1.43. The molecule has 1 aromatic carbocycles. The molecule has 0 aromatic heterocycles. The molecule has 0 saturated heterocycles. The van der Waals surface area contributed by atoms with Crippen LogP contribution >= 0.6 is 0 Å². The second-order valence-corrected chi connectivity index (χ2v) is 5.09. The number of ether oxygens (including phenoxy) is 4. The van der Waals surface area contributed by atoms with Crippen LogP contribution in [0.3, 0.4) is 0 Å². The summed E-state index contributed by atoms with van der Waals surface area (Å²) in [5, 5.41) is 0. The predicted octanol–water partition coefficient (Wildman–Crippen LogP) is 2.45. The van der Waals surface area contributed by atoms with E-state index in [9.17, 15) is 4.79 Å². The zero-order chi connectivity index (χ0) is 16.4. The fourth-order valence-electron chi connectivity index (χ4n) is 1.89. The Kier molecular flexibility index (Phi) is 8.74. The van der Waals surface area contributed by atoms with Crippen LogP contribution in [-0.4, -0.2) is 52.7 Å². The molecule has 0 aliphatic heterocycles. The molecule has 124 valence electrons. The van der Waals surface area contributed by atoms with Crippen LogP contribution in [0.2, 0.25) is 0 Å². The van der Waals surface area contributed by atoms with Crippen molar-refractivity contribution in [2.75, 3.05) is 46.8 Å². The molecule has 1 aromatic rings. The summed E-state index contributed by atoms with van der Waals surface area (Å²) in [7, 11) is 1.63. The number of methoxy groups -OCH3 is 1. The minimum absolute atomic E-state index is 0.239. The predicted molar refractivity (Wildman–Crippen MR) is 84.4 cm³/mol. The van der Waals surface area contributed by atoms with Crippen LogP contribution in [0.5, 0.6) is 0 Å². The normalized spacial score (nSPS) is 10.7. The number of carbonyl (C=O) groups is 1. The highest BCUT2D eigenvalue weighted by Gasteiger charge is 2.10. The van der Waals surface area contributed by atoms with Crippen LogP contribution in [0.15, 0.2) is 12.1 Å². The Labute approximate surface area is 132 Å². The van der Waals surface area contributed by atoms with Crippen molar-refractivity contribution in [1.29, 1.82) is 0 Å². The molecule has 5 nitrogen and oxygen atoms in total. The third-order valence-electron chi connectivity index (χ3n) is 3.43. The highest BCUT2D eigenvalue weighted by molar-refractivity contribution is 5.90. The SMILES string of the molecule is COCCOCCOCCOC(=O)c1cc(C)c(C)c(C)c1. The van der Waals surface area contributed by atoms with Gasteiger partial charge in [0.1, 0.15) is 6.61 Å². The molecule has 0 bridgehead atoms. The van der Waals surface area contributed by atoms with Gasteiger partial charge in [0.2, 0.25) is 0 Å². The maximum atomic E-state index is 12.0. The average molecular weight is 310 g/mol. The Morgan fingerprint density at radius 1 is 0.864 bits per heavy atom. The van der Waals surface area contributed by atoms with E-state index in [4.69, 9.17) is 18.9 Å². The van der Waals surface area contributed by atoms with E-state index in [1.165, 1.54) is 5.56 Å². The van der Waals surface area contributed by atoms with Gasteiger partial charge in [-0.3, -0.25) is 0 Å². The van der Waals surface area contributed by atoms with Gasteiger partial charge in [0.25, 0.3) is 0 Å². The number of hydrogen-bond acceptors (Lipinski definition) is 5. The molecule has 5 heteroatoms. The summed E-state index contributed by atoms with van der Waals surface area (Å²) in [6.45, 7) is 8.75. The molecular weight excluding hydrogens is 284 g/mol. The van der Waals surface area contributed by atoms with Crippen LogP contribution in [0, 0.1) is 20.8 Å². The van der Waals surface area contributed by atoms with Crippen molar-refractivity contribution in [2.24, 2.45) is 0 Å². The number of esters is 1. The van der Waals surface area contributed by atoms with Gasteiger partial charge < -0.3 is 18.9 Å². The molecule has 0 fully saturated rings. The van der Waals surface area contributed by atoms with E-state index in [1.807, 2.05) is 32.9 Å². The van der Waals surface area contributed by atoms with Gasteiger partial charge in [-0.1, -0.05) is 0 Å². The van der Waals surface area contributed by atoms with Crippen molar-refractivity contribution in [3.8, 4) is 0 Å². The van der Waals surface area contributed by atoms with E-state index in [0.717, 1.165) is 11.1 Å². The average Bonchev–Trinajstić information content (AvgIpc) is 2.50. The molecule has 0 heterocycles. The lowest BCUT2D eigenvalue weighted by molar-refractivity contribution is 0.00569. The van der Waals surface area contributed by atoms with Crippen LogP contribution in [0.25, 0.3) is 0 Å². The van der Waals surface area contributed by atoms with Crippen LogP contribution < -0.4 is 0 Å². The molecular formula is C17H26O5. The van der Waals surface area contributed by atoms with Gasteiger partial charge in [0.05, 0.1) is 38.6 Å². The summed E-state index contributed by atoms with van der Waals surface area (Å²) in [6, 6.07) is 3.71. The first-order valence-electron chi connectivity index (χ1n) is 7.45. The van der Waals surface area contributed by atoms with Crippen LogP contribution in [-0.2, 0) is 18.9 Å². The molecule has 0 N–H and O–H groups in total. The Morgan fingerprint density at radius 3 is 1.91 bits per heavy atom. The highest BCUT2D eigenvalue weighted by Crippen LogP contribution is 2.16. The molecule has 0 radical (unpaired) electrons. The molecule has 0 amide bonds. The first kappa shape index (κ1) is 18.6. The van der Waals surface area contributed by atoms with Gasteiger partial charge in [-0.25, -0.2) is 4.79 Å². The number of aryl methyl sites for hydroxylation is 2. The van der Waals surface area contributed by atoms with Crippen molar-refractivity contribution in [2.45, 2.75) is 20.8 Å². The van der Waals surface area contributed by atoms with E-state index in [2.05, 4.69) is 0 Å². The maximum Gasteiger partial charge on any atom is 0.338 e. The standard InChI is InChI=1S/C17H26O5/c1-13-11-16(12-14(2)15(13)3)17(18)22-10-9-21-8-7-20-6-5-19-4/h11-12H,5-10H2,1-4H3. The molecule has 0 saturated carbocycles. The fraction of sp³-hybridized carbons (Fsp3) is 0.588. The van der Waals surface area contributed by atoms with Gasteiger partial charge >= 0.3 is 5.97 Å². The first-order chi connectivity index (χ1) is 10.6. The third-order valence-corrected chi connectivity index (χ3v) is 3.43. The summed E-state index contributed by atoms with van der Waals surface area (Å²) in [6.07, 6.45) is 0. The maximum absolute atomic E-state index is 12.0. The minimum Gasteiger partial charge on any atom is -0.460 e. The van der Waals surface area contributed by atoms with E-state index in [0.29, 0.717) is 38.6 Å². The third kappa shape index (κ3) is 6.56. The smallest absolute Gasteiger partial charge is 0.338 e. The van der Waals surface area contributed by atoms with E-state index in [-0.39, 0.29) is 12.6 Å². The zero-order valence-electron chi connectivity index (χ0n) is 13.9. The van der Waals surface area contributed by atoms with Crippen LogP contribution in [0.1, 0.15) is 27.0 Å². The quantitative estimate of drug-likeness (QED) is 0.491. The fourth-order valence-corrected chi connectivity index (χ4v) is 1.89. The lowest BCUT2D eigenvalue weighted by Gasteiger charge is -2.10. The number of benzene rings is 1. The van der Waals surface area contributed by atoms with Gasteiger partial charge in [-0.15, -0.1) is 0 Å². The van der Waals surface area contributed by atoms with Crippen molar-refractivity contribution in [1.82, 2.24) is 0 Å². The number of carbonyl (C=O) groups excluding carboxylic acids is 1. The van der Waals surface area contributed by atoms with Crippen LogP contribution in [0.4, 0.5) is 0 Å². The number of rotatable bonds is 10. The Morgan fingerprint density at radius 2 is 1.36 bits per heavy atom. The largest absolute Gasteiger partial charge is 0.460 e. The monoisotopic (exact) mass is 310 g/mol. The molecule has 0 unspecified atom stereocenters. The van der Waals surface area contributed by atoms with E-state index < -0.39 is 0 Å². The van der Waals surface area contributed by atoms with Crippen molar-refractivity contribution >= 4 is 5.97 Å². The molecule has 22 heavy (non-hydrogen) atoms. The Balaban J connectivity index is 2.19. The van der Waals surface area contributed by atoms with Gasteiger partial charge in [0.15, 0.2) is 0 Å². The lowest BCUT2D eigenvalue weighted by atomic mass is 10.0. The Bertz CT molecular complexity index is 447. The second-order valence-electron chi connectivity index (χ2n) is 5.09. The van der Waals surface area contributed by atoms with Gasteiger partial charge in [-0.2, -0.15) is 0 Å². The second kappa shape index (κ2) is 10.3. The van der Waals surface area contributed by atoms with Crippen molar-refractivity contribution in [3.63, 3.8) is 0 Å². The lowest BCUT2D eigenvalue weighted by Crippen LogP contribution is -2.14. The summed E-state index contributed by atoms with van der Waals surface area (Å²) in [4.78, 5) is 12.0. The zero-order valence-corrected chi connectivity index (χ0v) is 13.9. The summed E-state index contributed by atoms with van der Waals surface area (Å²) >= 11 is 0. The summed E-state index contributed by atoms with van der Waals surface area (Å²) in [5.74, 6) is -0.314. The van der Waals surface area contributed by atoms with E-state index >= 15 is 0 Å². The van der Waals surface area contributed by atoms with Crippen molar-refractivity contribution < 1.29 is 23.7 Å². The van der Waals surface area contributed by atoms with Gasteiger partial charge in [-0.05, 0) is 49.6 Å². The summed E-state index contributed by atoms with van der Waals surface area (Å²) in [5.41, 5.74) is 3.98. The molecule has 0 aliphatic rings. The first-order valence-corrected chi connectivity index (χ1v) is 7.45. The molecule has 1 rings (SSSR count). The van der Waals surface area contributed by atoms with Crippen molar-refractivity contribution in [3.05, 3.63) is 34.4 Å². The van der Waals surface area contributed by atoms with Gasteiger partial charge in [0, 0.05) is 7.11 Å². The minimum atomic E-state index is -0.314. The summed E-state index contributed by atoms with van der Waals surface area (Å²) < 4.78 is 20.6.